The molecule has 0 spiro atoms. The summed E-state index contributed by atoms with van der Waals surface area (Å²) >= 11 is 1.46. The van der Waals surface area contributed by atoms with Gasteiger partial charge in [-0.2, -0.15) is 0 Å². The molecule has 1 aliphatic rings. The molecular formula is C13H16N4S. The van der Waals surface area contributed by atoms with Crippen LogP contribution in [0.15, 0.2) is 11.7 Å². The molecule has 3 heterocycles. The van der Waals surface area contributed by atoms with E-state index in [4.69, 9.17) is 5.73 Å². The van der Waals surface area contributed by atoms with Crippen LogP contribution in [0.1, 0.15) is 42.8 Å². The van der Waals surface area contributed by atoms with E-state index >= 15 is 0 Å². The quantitative estimate of drug-likeness (QED) is 0.903. The van der Waals surface area contributed by atoms with Crippen LogP contribution in [0.2, 0.25) is 0 Å². The van der Waals surface area contributed by atoms with Crippen LogP contribution in [-0.2, 0) is 6.54 Å². The Bertz CT molecular complexity index is 582. The number of aromatic nitrogens is 3. The van der Waals surface area contributed by atoms with Crippen LogP contribution >= 0.6 is 11.3 Å². The summed E-state index contributed by atoms with van der Waals surface area (Å²) in [6.45, 7) is 3.36. The summed E-state index contributed by atoms with van der Waals surface area (Å²) in [5, 5.41) is 2.56. The lowest BCUT2D eigenvalue weighted by atomic mass is 9.96. The van der Waals surface area contributed by atoms with Gasteiger partial charge in [0, 0.05) is 17.6 Å². The Morgan fingerprint density at radius 1 is 1.50 bits per heavy atom. The molecule has 0 saturated heterocycles. The number of imidazole rings is 1. The molecule has 0 radical (unpaired) electrons. The molecule has 1 aliphatic heterocycles. The van der Waals surface area contributed by atoms with Crippen molar-refractivity contribution in [3.05, 3.63) is 28.8 Å². The summed E-state index contributed by atoms with van der Waals surface area (Å²) in [6.07, 6.45) is 8.46. The van der Waals surface area contributed by atoms with Crippen molar-refractivity contribution in [3.8, 4) is 0 Å². The standard InChI is InChI=1S/C13H16N4S/c1-9-3-2-6-17-8-15-11(12(9)17)5-4-10-7-18-13(14)16-10/h4-5,7-9H,2-3,6H2,1H3,(H2,14,16). The number of thiazole rings is 1. The topological polar surface area (TPSA) is 56.7 Å². The minimum Gasteiger partial charge on any atom is -0.375 e. The van der Waals surface area contributed by atoms with Gasteiger partial charge in [-0.3, -0.25) is 0 Å². The average Bonchev–Trinajstić information content (AvgIpc) is 2.94. The largest absolute Gasteiger partial charge is 0.375 e. The fourth-order valence-electron chi connectivity index (χ4n) is 2.50. The Hall–Kier alpha value is -1.62. The molecule has 0 amide bonds. The Morgan fingerprint density at radius 2 is 2.39 bits per heavy atom. The van der Waals surface area contributed by atoms with Gasteiger partial charge >= 0.3 is 0 Å². The highest BCUT2D eigenvalue weighted by molar-refractivity contribution is 7.13. The number of nitrogens with zero attached hydrogens (tertiary/aromatic N) is 3. The molecule has 18 heavy (non-hydrogen) atoms. The first-order chi connectivity index (χ1) is 8.74. The summed E-state index contributed by atoms with van der Waals surface area (Å²) < 4.78 is 2.27. The lowest BCUT2D eigenvalue weighted by molar-refractivity contribution is 0.474. The van der Waals surface area contributed by atoms with E-state index in [1.807, 2.05) is 23.9 Å². The molecule has 0 saturated carbocycles. The molecule has 2 aromatic heterocycles. The van der Waals surface area contributed by atoms with Gasteiger partial charge in [-0.25, -0.2) is 9.97 Å². The monoisotopic (exact) mass is 260 g/mol. The Morgan fingerprint density at radius 3 is 3.17 bits per heavy atom. The predicted molar refractivity (Wildman–Crippen MR) is 75.3 cm³/mol. The third-order valence-corrected chi connectivity index (χ3v) is 4.05. The highest BCUT2D eigenvalue weighted by Crippen LogP contribution is 2.29. The highest BCUT2D eigenvalue weighted by Gasteiger charge is 2.19. The summed E-state index contributed by atoms with van der Waals surface area (Å²) in [6, 6.07) is 0. The first-order valence-electron chi connectivity index (χ1n) is 6.18. The van der Waals surface area contributed by atoms with E-state index < -0.39 is 0 Å². The molecule has 2 aromatic rings. The van der Waals surface area contributed by atoms with Crippen LogP contribution in [0.25, 0.3) is 12.2 Å². The average molecular weight is 260 g/mol. The summed E-state index contributed by atoms with van der Waals surface area (Å²) in [4.78, 5) is 8.71. The van der Waals surface area contributed by atoms with E-state index in [1.54, 1.807) is 0 Å². The molecule has 1 atom stereocenters. The zero-order valence-corrected chi connectivity index (χ0v) is 11.2. The Balaban J connectivity index is 1.89. The van der Waals surface area contributed by atoms with Crippen LogP contribution < -0.4 is 5.73 Å². The fourth-order valence-corrected chi connectivity index (χ4v) is 3.03. The van der Waals surface area contributed by atoms with Gasteiger partial charge in [0.2, 0.25) is 0 Å². The van der Waals surface area contributed by atoms with E-state index in [2.05, 4.69) is 21.5 Å². The first-order valence-corrected chi connectivity index (χ1v) is 7.06. The molecule has 0 aromatic carbocycles. The summed E-state index contributed by atoms with van der Waals surface area (Å²) in [7, 11) is 0. The maximum absolute atomic E-state index is 5.61. The van der Waals surface area contributed by atoms with Crippen LogP contribution in [0.3, 0.4) is 0 Å². The molecule has 1 unspecified atom stereocenters. The number of anilines is 1. The number of nitrogens with two attached hydrogens (primary N) is 1. The van der Waals surface area contributed by atoms with Crippen molar-refractivity contribution in [2.75, 3.05) is 5.73 Å². The Kier molecular flexibility index (Phi) is 2.91. The molecule has 4 nitrogen and oxygen atoms in total. The number of fused-ring (bicyclic) bond motifs is 1. The highest BCUT2D eigenvalue weighted by atomic mass is 32.1. The minimum absolute atomic E-state index is 0.585. The lowest BCUT2D eigenvalue weighted by Gasteiger charge is -2.21. The molecule has 0 bridgehead atoms. The number of hydrogen-bond acceptors (Lipinski definition) is 4. The van der Waals surface area contributed by atoms with Crippen molar-refractivity contribution >= 4 is 28.6 Å². The van der Waals surface area contributed by atoms with Gasteiger partial charge in [0.05, 0.1) is 17.7 Å². The molecule has 94 valence electrons. The predicted octanol–water partition coefficient (Wildman–Crippen LogP) is 2.99. The van der Waals surface area contributed by atoms with E-state index in [0.29, 0.717) is 11.0 Å². The van der Waals surface area contributed by atoms with Gasteiger partial charge in [-0.15, -0.1) is 11.3 Å². The van der Waals surface area contributed by atoms with Crippen molar-refractivity contribution in [1.82, 2.24) is 14.5 Å². The maximum Gasteiger partial charge on any atom is 0.180 e. The van der Waals surface area contributed by atoms with Gasteiger partial charge in [0.15, 0.2) is 5.13 Å². The van der Waals surface area contributed by atoms with Crippen LogP contribution in [0.5, 0.6) is 0 Å². The number of hydrogen-bond donors (Lipinski definition) is 1. The number of nitrogen functional groups attached to an aromatic ring is 1. The fraction of sp³-hybridized carbons (Fsp3) is 0.385. The van der Waals surface area contributed by atoms with Gasteiger partial charge in [-0.1, -0.05) is 6.92 Å². The van der Waals surface area contributed by atoms with Crippen molar-refractivity contribution in [2.45, 2.75) is 32.2 Å². The zero-order chi connectivity index (χ0) is 12.5. The first kappa shape index (κ1) is 11.5. The summed E-state index contributed by atoms with van der Waals surface area (Å²) in [5.41, 5.74) is 8.93. The van der Waals surface area contributed by atoms with E-state index in [9.17, 15) is 0 Å². The smallest absolute Gasteiger partial charge is 0.180 e. The SMILES string of the molecule is CC1CCCn2cnc(C=Cc3csc(N)n3)c21. The second kappa shape index (κ2) is 4.57. The summed E-state index contributed by atoms with van der Waals surface area (Å²) in [5.74, 6) is 0.585. The third kappa shape index (κ3) is 2.06. The second-order valence-electron chi connectivity index (χ2n) is 4.70. The van der Waals surface area contributed by atoms with Crippen LogP contribution in [0.4, 0.5) is 5.13 Å². The lowest BCUT2D eigenvalue weighted by Crippen LogP contribution is -2.13. The molecule has 0 fully saturated rings. The second-order valence-corrected chi connectivity index (χ2v) is 5.59. The number of rotatable bonds is 2. The molecule has 5 heteroatoms. The van der Waals surface area contributed by atoms with Crippen molar-refractivity contribution in [2.24, 2.45) is 0 Å². The van der Waals surface area contributed by atoms with Crippen LogP contribution in [0, 0.1) is 0 Å². The van der Waals surface area contributed by atoms with Gasteiger partial charge < -0.3 is 10.3 Å². The van der Waals surface area contributed by atoms with E-state index in [1.165, 1.54) is 29.9 Å². The number of aryl methyl sites for hydroxylation is 1. The molecular weight excluding hydrogens is 244 g/mol. The Labute approximate surface area is 110 Å². The van der Waals surface area contributed by atoms with E-state index in [-0.39, 0.29) is 0 Å². The van der Waals surface area contributed by atoms with Gasteiger partial charge in [0.1, 0.15) is 0 Å². The normalized spacial score (nSPS) is 19.3. The van der Waals surface area contributed by atoms with E-state index in [0.717, 1.165) is 17.9 Å². The van der Waals surface area contributed by atoms with Crippen molar-refractivity contribution in [1.29, 1.82) is 0 Å². The van der Waals surface area contributed by atoms with Crippen molar-refractivity contribution in [3.63, 3.8) is 0 Å². The van der Waals surface area contributed by atoms with Crippen molar-refractivity contribution < 1.29 is 0 Å². The molecule has 2 N–H and O–H groups in total. The zero-order valence-electron chi connectivity index (χ0n) is 10.3. The molecule has 0 aliphatic carbocycles. The van der Waals surface area contributed by atoms with Crippen LogP contribution in [-0.4, -0.2) is 14.5 Å². The third-order valence-electron chi connectivity index (χ3n) is 3.36. The van der Waals surface area contributed by atoms with Gasteiger partial charge in [0.25, 0.3) is 0 Å². The van der Waals surface area contributed by atoms with Gasteiger partial charge in [-0.05, 0) is 30.9 Å². The molecule has 3 rings (SSSR count). The maximum atomic E-state index is 5.61. The minimum atomic E-state index is 0.585.